The molecule has 78 valence electrons. The van der Waals surface area contributed by atoms with Crippen molar-refractivity contribution in [1.82, 2.24) is 4.98 Å². The van der Waals surface area contributed by atoms with Crippen LogP contribution in [0.2, 0.25) is 0 Å². The second-order valence-electron chi connectivity index (χ2n) is 4.60. The molecule has 0 atom stereocenters. The van der Waals surface area contributed by atoms with Gasteiger partial charge in [0.25, 0.3) is 0 Å². The molecule has 1 heterocycles. The molecule has 0 N–H and O–H groups in total. The summed E-state index contributed by atoms with van der Waals surface area (Å²) < 4.78 is 5.79. The van der Waals surface area contributed by atoms with Crippen molar-refractivity contribution in [3.8, 4) is 5.75 Å². The number of pyridine rings is 1. The fourth-order valence-electron chi connectivity index (χ4n) is 1.48. The Kier molecular flexibility index (Phi) is 2.35. The minimum atomic E-state index is -0.152. The fraction of sp³-hybridized carbons (Fsp3) is 0.308. The van der Waals surface area contributed by atoms with E-state index in [1.54, 1.807) is 6.20 Å². The quantitative estimate of drug-likeness (QED) is 0.705. The Balaban J connectivity index is 2.39. The second-order valence-corrected chi connectivity index (χ2v) is 4.60. The van der Waals surface area contributed by atoms with E-state index in [1.165, 1.54) is 0 Å². The lowest BCUT2D eigenvalue weighted by atomic mass is 10.1. The first-order valence-electron chi connectivity index (χ1n) is 5.07. The lowest BCUT2D eigenvalue weighted by Gasteiger charge is -2.21. The van der Waals surface area contributed by atoms with Crippen LogP contribution < -0.4 is 4.74 Å². The van der Waals surface area contributed by atoms with Crippen LogP contribution >= 0.6 is 0 Å². The van der Waals surface area contributed by atoms with Gasteiger partial charge in [-0.25, -0.2) is 0 Å². The molecule has 0 aliphatic rings. The number of hydrogen-bond acceptors (Lipinski definition) is 2. The number of rotatable bonds is 1. The molecule has 0 unspecified atom stereocenters. The van der Waals surface area contributed by atoms with Gasteiger partial charge >= 0.3 is 0 Å². The van der Waals surface area contributed by atoms with Crippen LogP contribution in [0.3, 0.4) is 0 Å². The number of aromatic nitrogens is 1. The summed E-state index contributed by atoms with van der Waals surface area (Å²) in [7, 11) is 0. The van der Waals surface area contributed by atoms with Crippen molar-refractivity contribution in [3.05, 3.63) is 36.7 Å². The first kappa shape index (κ1) is 9.97. The van der Waals surface area contributed by atoms with Crippen LogP contribution in [0.1, 0.15) is 20.8 Å². The molecule has 1 aromatic heterocycles. The van der Waals surface area contributed by atoms with Gasteiger partial charge in [-0.05, 0) is 50.4 Å². The van der Waals surface area contributed by atoms with Gasteiger partial charge in [-0.3, -0.25) is 4.98 Å². The Bertz CT molecular complexity index is 471. The average Bonchev–Trinajstić information content (AvgIpc) is 2.15. The molecule has 0 bridgehead atoms. The van der Waals surface area contributed by atoms with Crippen molar-refractivity contribution < 1.29 is 4.74 Å². The van der Waals surface area contributed by atoms with Gasteiger partial charge in [-0.15, -0.1) is 0 Å². The van der Waals surface area contributed by atoms with Crippen LogP contribution in [0.4, 0.5) is 0 Å². The summed E-state index contributed by atoms with van der Waals surface area (Å²) in [6, 6.07) is 8.05. The van der Waals surface area contributed by atoms with Gasteiger partial charge in [0.1, 0.15) is 11.4 Å². The number of nitrogens with zero attached hydrogens (tertiary/aromatic N) is 1. The number of ether oxygens (including phenoxy) is 1. The van der Waals surface area contributed by atoms with Gasteiger partial charge in [0.15, 0.2) is 0 Å². The van der Waals surface area contributed by atoms with E-state index in [9.17, 15) is 0 Å². The Labute approximate surface area is 89.9 Å². The van der Waals surface area contributed by atoms with Gasteiger partial charge in [-0.2, -0.15) is 0 Å². The smallest absolute Gasteiger partial charge is 0.120 e. The SMILES string of the molecule is CC(C)(C)Oc1ccc2cnccc2c1. The van der Waals surface area contributed by atoms with E-state index < -0.39 is 0 Å². The summed E-state index contributed by atoms with van der Waals surface area (Å²) in [5, 5.41) is 2.30. The molecule has 2 aromatic rings. The summed E-state index contributed by atoms with van der Waals surface area (Å²) >= 11 is 0. The van der Waals surface area contributed by atoms with E-state index in [1.807, 2.05) is 51.2 Å². The maximum Gasteiger partial charge on any atom is 0.120 e. The van der Waals surface area contributed by atoms with Gasteiger partial charge < -0.3 is 4.74 Å². The molecule has 2 nitrogen and oxygen atoms in total. The predicted molar refractivity (Wildman–Crippen MR) is 62.1 cm³/mol. The number of fused-ring (bicyclic) bond motifs is 1. The van der Waals surface area contributed by atoms with Crippen LogP contribution in [0.25, 0.3) is 10.8 Å². The van der Waals surface area contributed by atoms with Crippen molar-refractivity contribution in [2.75, 3.05) is 0 Å². The molecule has 0 radical (unpaired) electrons. The van der Waals surface area contributed by atoms with Crippen molar-refractivity contribution in [2.24, 2.45) is 0 Å². The molecule has 0 spiro atoms. The maximum absolute atomic E-state index is 5.79. The lowest BCUT2D eigenvalue weighted by molar-refractivity contribution is 0.131. The van der Waals surface area contributed by atoms with Gasteiger partial charge in [0.2, 0.25) is 0 Å². The molecule has 0 amide bonds. The second kappa shape index (κ2) is 3.54. The monoisotopic (exact) mass is 201 g/mol. The third kappa shape index (κ3) is 2.46. The van der Waals surface area contributed by atoms with E-state index in [4.69, 9.17) is 4.74 Å². The minimum absolute atomic E-state index is 0.152. The number of benzene rings is 1. The van der Waals surface area contributed by atoms with Crippen molar-refractivity contribution in [1.29, 1.82) is 0 Å². The van der Waals surface area contributed by atoms with Crippen molar-refractivity contribution >= 4 is 10.8 Å². The summed E-state index contributed by atoms with van der Waals surface area (Å²) in [6.07, 6.45) is 3.65. The van der Waals surface area contributed by atoms with Gasteiger partial charge in [0, 0.05) is 17.8 Å². The van der Waals surface area contributed by atoms with Crippen LogP contribution in [-0.2, 0) is 0 Å². The Morgan fingerprint density at radius 2 is 1.87 bits per heavy atom. The third-order valence-electron chi connectivity index (χ3n) is 2.04. The zero-order chi connectivity index (χ0) is 10.9. The predicted octanol–water partition coefficient (Wildman–Crippen LogP) is 3.41. The highest BCUT2D eigenvalue weighted by molar-refractivity contribution is 5.82. The van der Waals surface area contributed by atoms with Crippen LogP contribution in [-0.4, -0.2) is 10.6 Å². The first-order valence-corrected chi connectivity index (χ1v) is 5.07. The standard InChI is InChI=1S/C13H15NO/c1-13(2,3)15-12-5-4-11-9-14-7-6-10(11)8-12/h4-9H,1-3H3. The average molecular weight is 201 g/mol. The zero-order valence-electron chi connectivity index (χ0n) is 9.32. The third-order valence-corrected chi connectivity index (χ3v) is 2.04. The summed E-state index contributed by atoms with van der Waals surface area (Å²) in [5.74, 6) is 0.904. The fourth-order valence-corrected chi connectivity index (χ4v) is 1.48. The molecule has 2 heteroatoms. The van der Waals surface area contributed by atoms with Crippen LogP contribution in [0.15, 0.2) is 36.7 Å². The molecule has 0 aliphatic carbocycles. The normalized spacial score (nSPS) is 11.7. The molecule has 0 saturated heterocycles. The molecule has 0 saturated carbocycles. The molecule has 0 fully saturated rings. The lowest BCUT2D eigenvalue weighted by Crippen LogP contribution is -2.22. The maximum atomic E-state index is 5.79. The van der Waals surface area contributed by atoms with Crippen molar-refractivity contribution in [2.45, 2.75) is 26.4 Å². The van der Waals surface area contributed by atoms with Crippen LogP contribution in [0.5, 0.6) is 5.75 Å². The van der Waals surface area contributed by atoms with Gasteiger partial charge in [-0.1, -0.05) is 0 Å². The highest BCUT2D eigenvalue weighted by atomic mass is 16.5. The molecule has 2 rings (SSSR count). The number of hydrogen-bond donors (Lipinski definition) is 0. The highest BCUT2D eigenvalue weighted by Gasteiger charge is 2.11. The van der Waals surface area contributed by atoms with E-state index in [0.29, 0.717) is 0 Å². The highest BCUT2D eigenvalue weighted by Crippen LogP contribution is 2.23. The van der Waals surface area contributed by atoms with E-state index in [2.05, 4.69) is 4.98 Å². The molecular weight excluding hydrogens is 186 g/mol. The van der Waals surface area contributed by atoms with Crippen molar-refractivity contribution in [3.63, 3.8) is 0 Å². The van der Waals surface area contributed by atoms with E-state index in [0.717, 1.165) is 16.5 Å². The molecular formula is C13H15NO. The molecule has 15 heavy (non-hydrogen) atoms. The summed E-state index contributed by atoms with van der Waals surface area (Å²) in [6.45, 7) is 6.14. The minimum Gasteiger partial charge on any atom is -0.488 e. The van der Waals surface area contributed by atoms with E-state index >= 15 is 0 Å². The topological polar surface area (TPSA) is 22.1 Å². The van der Waals surface area contributed by atoms with Crippen LogP contribution in [0, 0.1) is 0 Å². The summed E-state index contributed by atoms with van der Waals surface area (Å²) in [4.78, 5) is 4.08. The zero-order valence-corrected chi connectivity index (χ0v) is 9.32. The molecule has 1 aromatic carbocycles. The molecule has 0 aliphatic heterocycles. The first-order chi connectivity index (χ1) is 7.04. The van der Waals surface area contributed by atoms with Gasteiger partial charge in [0.05, 0.1) is 0 Å². The van der Waals surface area contributed by atoms with E-state index in [-0.39, 0.29) is 5.60 Å². The Morgan fingerprint density at radius 3 is 2.60 bits per heavy atom. The largest absolute Gasteiger partial charge is 0.488 e. The summed E-state index contributed by atoms with van der Waals surface area (Å²) in [5.41, 5.74) is -0.152. The Hall–Kier alpha value is -1.57. The Morgan fingerprint density at radius 1 is 1.07 bits per heavy atom.